The molecule has 59 heavy (non-hydrogen) atoms. The van der Waals surface area contributed by atoms with Crippen molar-refractivity contribution in [1.29, 1.82) is 0 Å². The van der Waals surface area contributed by atoms with Gasteiger partial charge in [-0.15, -0.1) is 15.9 Å². The lowest BCUT2D eigenvalue weighted by atomic mass is 10.0. The Bertz CT molecular complexity index is 2960. The number of carbonyl (C=O) groups excluding carboxylic acids is 2. The molecule has 8 rings (SSSR count). The number of hydrogen-bond acceptors (Lipinski definition) is 9. The molecular weight excluding hydrogens is 819 g/mol. The second kappa shape index (κ2) is 14.7. The van der Waals surface area contributed by atoms with Gasteiger partial charge in [0, 0.05) is 34.5 Å². The van der Waals surface area contributed by atoms with Crippen LogP contribution >= 0.6 is 22.7 Å². The molecule has 0 aliphatic carbocycles. The number of anilines is 2. The number of carbonyl (C=O) groups is 2. The number of nitrogens with one attached hydrogen (secondary N) is 2. The quantitative estimate of drug-likeness (QED) is 0.115. The Hall–Kier alpha value is -6.54. The highest BCUT2D eigenvalue weighted by molar-refractivity contribution is 7.16. The number of benzene rings is 2. The molecule has 0 unspecified atom stereocenters. The fourth-order valence-corrected chi connectivity index (χ4v) is 8.30. The maximum atomic E-state index is 14.0. The number of thiazole rings is 2. The SMILES string of the molecule is Cc1cnc(NC(=O)c2c(C)n(Cc3sc(NC(=O)c4c(C)nn5ccc(-c6ccccc6C(F)(F)F)nc45)nc3C)[n+]3ccc(-c4ccccc4C(F)(F)F)nc23)s1. The van der Waals surface area contributed by atoms with Crippen LogP contribution in [0, 0.1) is 27.7 Å². The first-order valence-corrected chi connectivity index (χ1v) is 19.2. The number of nitrogens with zero attached hydrogens (tertiary/aromatic N) is 8. The third-order valence-electron chi connectivity index (χ3n) is 9.43. The van der Waals surface area contributed by atoms with Crippen molar-refractivity contribution in [3.05, 3.63) is 128 Å². The van der Waals surface area contributed by atoms with Crippen molar-refractivity contribution in [3.8, 4) is 22.5 Å². The molecule has 6 aromatic heterocycles. The first kappa shape index (κ1) is 39.3. The standard InChI is InChI=1S/C39H28F6N10O2S2/c1-19-17-46-36(58-19)50-35(57)31-22(4)55(54-16-14-28(49-33(31)54)24-10-6-8-12-26(24)39(43,44)45)18-29-20(2)47-37(59-29)51-34(56)30-21(3)52-53-15-13-27(48-32(30)53)23-9-5-7-11-25(23)38(40,41)42/h5-17H,18H2,1-4H3,(H-,46,47,50,51,56,57)/p+1. The number of amides is 2. The third kappa shape index (κ3) is 7.40. The number of fused-ring (bicyclic) bond motifs is 2. The highest BCUT2D eigenvalue weighted by Crippen LogP contribution is 2.38. The van der Waals surface area contributed by atoms with Crippen LogP contribution in [0.4, 0.5) is 36.6 Å². The van der Waals surface area contributed by atoms with Crippen molar-refractivity contribution >= 4 is 56.0 Å². The lowest BCUT2D eigenvalue weighted by Crippen LogP contribution is -2.34. The van der Waals surface area contributed by atoms with Crippen LogP contribution in [0.15, 0.2) is 79.3 Å². The molecule has 0 aliphatic rings. The molecule has 0 aliphatic heterocycles. The van der Waals surface area contributed by atoms with Crippen molar-refractivity contribution in [3.63, 3.8) is 0 Å². The van der Waals surface area contributed by atoms with E-state index in [1.54, 1.807) is 36.2 Å². The Morgan fingerprint density at radius 3 is 1.97 bits per heavy atom. The number of aromatic nitrogens is 8. The van der Waals surface area contributed by atoms with Crippen LogP contribution in [-0.2, 0) is 18.9 Å². The summed E-state index contributed by atoms with van der Waals surface area (Å²) in [5.41, 5.74) is -0.567. The predicted molar refractivity (Wildman–Crippen MR) is 207 cm³/mol. The normalized spacial score (nSPS) is 12.1. The van der Waals surface area contributed by atoms with E-state index in [-0.39, 0.29) is 62.3 Å². The zero-order valence-corrected chi connectivity index (χ0v) is 32.8. The first-order chi connectivity index (χ1) is 28.0. The van der Waals surface area contributed by atoms with Gasteiger partial charge in [-0.05, 0) is 56.9 Å². The molecule has 0 saturated heterocycles. The summed E-state index contributed by atoms with van der Waals surface area (Å²) in [6.45, 7) is 6.92. The van der Waals surface area contributed by atoms with E-state index >= 15 is 0 Å². The smallest absolute Gasteiger partial charge is 0.298 e. The van der Waals surface area contributed by atoms with Gasteiger partial charge in [0.1, 0.15) is 11.8 Å². The molecule has 20 heteroatoms. The van der Waals surface area contributed by atoms with Gasteiger partial charge in [-0.1, -0.05) is 41.7 Å². The van der Waals surface area contributed by atoms with Gasteiger partial charge in [0.25, 0.3) is 11.8 Å². The van der Waals surface area contributed by atoms with Crippen LogP contribution in [-0.4, -0.2) is 46.0 Å². The van der Waals surface area contributed by atoms with Crippen LogP contribution in [0.1, 0.15) is 58.7 Å². The van der Waals surface area contributed by atoms with Gasteiger partial charge in [-0.25, -0.2) is 24.1 Å². The second-order valence-corrected chi connectivity index (χ2v) is 15.7. The van der Waals surface area contributed by atoms with Gasteiger partial charge in [0.05, 0.1) is 45.3 Å². The van der Waals surface area contributed by atoms with Crippen molar-refractivity contribution in [2.24, 2.45) is 0 Å². The number of aryl methyl sites for hydroxylation is 3. The van der Waals surface area contributed by atoms with Gasteiger partial charge < -0.3 is 0 Å². The molecule has 12 nitrogen and oxygen atoms in total. The zero-order valence-electron chi connectivity index (χ0n) is 31.2. The molecule has 0 spiro atoms. The Kier molecular flexibility index (Phi) is 9.78. The highest BCUT2D eigenvalue weighted by atomic mass is 32.1. The second-order valence-electron chi connectivity index (χ2n) is 13.3. The van der Waals surface area contributed by atoms with E-state index < -0.39 is 35.3 Å². The summed E-state index contributed by atoms with van der Waals surface area (Å²) in [6.07, 6.45) is -4.73. The molecule has 8 aromatic rings. The van der Waals surface area contributed by atoms with E-state index in [9.17, 15) is 35.9 Å². The lowest BCUT2D eigenvalue weighted by molar-refractivity contribution is -0.611. The summed E-state index contributed by atoms with van der Waals surface area (Å²) in [5, 5.41) is 10.4. The molecule has 0 radical (unpaired) electrons. The number of halogens is 6. The summed E-state index contributed by atoms with van der Waals surface area (Å²) in [4.78, 5) is 47.0. The van der Waals surface area contributed by atoms with Gasteiger partial charge >= 0.3 is 18.0 Å². The maximum absolute atomic E-state index is 14.0. The lowest BCUT2D eigenvalue weighted by Gasteiger charge is -2.12. The van der Waals surface area contributed by atoms with Crippen LogP contribution in [0.3, 0.4) is 0 Å². The summed E-state index contributed by atoms with van der Waals surface area (Å²) < 4.78 is 88.3. The summed E-state index contributed by atoms with van der Waals surface area (Å²) >= 11 is 2.39. The average molecular weight is 848 g/mol. The molecule has 0 fully saturated rings. The minimum atomic E-state index is -4.66. The van der Waals surface area contributed by atoms with E-state index in [0.29, 0.717) is 21.4 Å². The highest BCUT2D eigenvalue weighted by Gasteiger charge is 2.37. The van der Waals surface area contributed by atoms with Crippen LogP contribution < -0.4 is 15.1 Å². The molecule has 2 amide bonds. The number of alkyl halides is 6. The summed E-state index contributed by atoms with van der Waals surface area (Å²) in [7, 11) is 0. The summed E-state index contributed by atoms with van der Waals surface area (Å²) in [5.74, 6) is -1.21. The van der Waals surface area contributed by atoms with Crippen molar-refractivity contribution in [2.75, 3.05) is 10.6 Å². The molecule has 0 bridgehead atoms. The minimum absolute atomic E-state index is 0.000406. The van der Waals surface area contributed by atoms with Gasteiger partial charge in [0.2, 0.25) is 0 Å². The van der Waals surface area contributed by atoms with E-state index in [4.69, 9.17) is 0 Å². The zero-order chi connectivity index (χ0) is 42.0. The van der Waals surface area contributed by atoms with E-state index in [1.165, 1.54) is 76.8 Å². The topological polar surface area (TPSA) is 136 Å². The molecule has 2 aromatic carbocycles. The third-order valence-corrected chi connectivity index (χ3v) is 11.3. The Balaban J connectivity index is 1.14. The van der Waals surface area contributed by atoms with Crippen molar-refractivity contribution < 1.29 is 40.4 Å². The average Bonchev–Trinajstić information content (AvgIpc) is 3.92. The Labute approximate surface area is 337 Å². The van der Waals surface area contributed by atoms with E-state index in [0.717, 1.165) is 28.3 Å². The van der Waals surface area contributed by atoms with E-state index in [2.05, 4.69) is 35.7 Å². The monoisotopic (exact) mass is 847 g/mol. The van der Waals surface area contributed by atoms with E-state index in [1.807, 2.05) is 6.92 Å². The Morgan fingerprint density at radius 2 is 1.34 bits per heavy atom. The van der Waals surface area contributed by atoms with Crippen LogP contribution in [0.5, 0.6) is 0 Å². The largest absolute Gasteiger partial charge is 0.417 e. The fraction of sp³-hybridized carbons (Fsp3) is 0.179. The molecule has 300 valence electrons. The van der Waals surface area contributed by atoms with Gasteiger partial charge in [-0.3, -0.25) is 20.2 Å². The molecule has 0 atom stereocenters. The summed E-state index contributed by atoms with van der Waals surface area (Å²) in [6, 6.07) is 12.9. The van der Waals surface area contributed by atoms with Crippen LogP contribution in [0.25, 0.3) is 33.8 Å². The minimum Gasteiger partial charge on any atom is -0.298 e. The number of hydrogen-bond donors (Lipinski definition) is 2. The maximum Gasteiger partial charge on any atom is 0.417 e. The number of rotatable bonds is 8. The first-order valence-electron chi connectivity index (χ1n) is 17.6. The molecule has 2 N–H and O–H groups in total. The fourth-order valence-electron chi connectivity index (χ4n) is 6.70. The van der Waals surface area contributed by atoms with Crippen molar-refractivity contribution in [2.45, 2.75) is 46.6 Å². The Morgan fingerprint density at radius 1 is 0.729 bits per heavy atom. The molecule has 0 saturated carbocycles. The predicted octanol–water partition coefficient (Wildman–Crippen LogP) is 8.74. The van der Waals surface area contributed by atoms with Crippen LogP contribution in [0.2, 0.25) is 0 Å². The van der Waals surface area contributed by atoms with Gasteiger partial charge in [0.15, 0.2) is 27.2 Å². The molecular formula is C39H29F6N10O2S2+. The van der Waals surface area contributed by atoms with Gasteiger partial charge in [-0.2, -0.15) is 31.4 Å². The van der Waals surface area contributed by atoms with Crippen molar-refractivity contribution in [1.82, 2.24) is 34.2 Å². The molecule has 6 heterocycles.